The molecule has 3 N–H and O–H groups in total. The molecule has 0 aromatic carbocycles. The van der Waals surface area contributed by atoms with Crippen LogP contribution in [-0.4, -0.2) is 48.7 Å². The van der Waals surface area contributed by atoms with Crippen molar-refractivity contribution in [3.63, 3.8) is 0 Å². The molecule has 0 amide bonds. The highest BCUT2D eigenvalue weighted by Gasteiger charge is 2.23. The minimum Gasteiger partial charge on any atom is -0.394 e. The van der Waals surface area contributed by atoms with E-state index in [9.17, 15) is 5.11 Å². The van der Waals surface area contributed by atoms with Crippen molar-refractivity contribution >= 4 is 0 Å². The third kappa shape index (κ3) is 4.04. The number of hydrogen-bond acceptors (Lipinski definition) is 4. The van der Waals surface area contributed by atoms with Gasteiger partial charge in [0.2, 0.25) is 0 Å². The van der Waals surface area contributed by atoms with Gasteiger partial charge in [-0.05, 0) is 19.3 Å². The second-order valence-corrected chi connectivity index (χ2v) is 3.39. The van der Waals surface area contributed by atoms with Gasteiger partial charge in [-0.15, -0.1) is 0 Å². The third-order valence-corrected chi connectivity index (χ3v) is 2.37. The van der Waals surface area contributed by atoms with E-state index in [1.165, 1.54) is 0 Å². The van der Waals surface area contributed by atoms with E-state index in [1.54, 1.807) is 0 Å². The quantitative estimate of drug-likeness (QED) is 0.493. The Morgan fingerprint density at radius 1 is 1.31 bits per heavy atom. The van der Waals surface area contributed by atoms with Crippen LogP contribution in [0.15, 0.2) is 0 Å². The minimum atomic E-state index is -0.183. The van der Waals surface area contributed by atoms with E-state index in [4.69, 9.17) is 9.84 Å². The Morgan fingerprint density at radius 2 is 2.15 bits per heavy atom. The molecule has 0 unspecified atom stereocenters. The van der Waals surface area contributed by atoms with Gasteiger partial charge in [-0.2, -0.15) is 0 Å². The first-order chi connectivity index (χ1) is 6.34. The average molecular weight is 189 g/mol. The highest BCUT2D eigenvalue weighted by atomic mass is 16.5. The van der Waals surface area contributed by atoms with Crippen molar-refractivity contribution in [2.75, 3.05) is 26.4 Å². The molecule has 13 heavy (non-hydrogen) atoms. The molecule has 1 aliphatic carbocycles. The normalized spacial score (nSPS) is 28.2. The summed E-state index contributed by atoms with van der Waals surface area (Å²) in [6.45, 7) is 1.83. The van der Waals surface area contributed by atoms with Gasteiger partial charge in [-0.1, -0.05) is 0 Å². The van der Waals surface area contributed by atoms with E-state index in [-0.39, 0.29) is 18.8 Å². The van der Waals surface area contributed by atoms with Gasteiger partial charge in [0.05, 0.1) is 25.9 Å². The first kappa shape index (κ1) is 10.9. The van der Waals surface area contributed by atoms with Crippen molar-refractivity contribution in [2.24, 2.45) is 0 Å². The van der Waals surface area contributed by atoms with Crippen molar-refractivity contribution in [3.05, 3.63) is 0 Å². The molecular formula is C9H19NO3. The van der Waals surface area contributed by atoms with Gasteiger partial charge in [0.1, 0.15) is 0 Å². The summed E-state index contributed by atoms with van der Waals surface area (Å²) in [5.41, 5.74) is 0. The fourth-order valence-electron chi connectivity index (χ4n) is 1.66. The molecule has 0 radical (unpaired) electrons. The lowest BCUT2D eigenvalue weighted by molar-refractivity contribution is 0.0871. The summed E-state index contributed by atoms with van der Waals surface area (Å²) in [6.07, 6.45) is 2.89. The van der Waals surface area contributed by atoms with Crippen LogP contribution in [-0.2, 0) is 4.74 Å². The summed E-state index contributed by atoms with van der Waals surface area (Å²) in [5.74, 6) is 0. The molecule has 1 aliphatic rings. The van der Waals surface area contributed by atoms with Gasteiger partial charge >= 0.3 is 0 Å². The van der Waals surface area contributed by atoms with E-state index in [2.05, 4.69) is 5.32 Å². The molecule has 0 heterocycles. The number of ether oxygens (including phenoxy) is 1. The van der Waals surface area contributed by atoms with Crippen LogP contribution in [0.2, 0.25) is 0 Å². The van der Waals surface area contributed by atoms with Crippen molar-refractivity contribution in [2.45, 2.75) is 31.4 Å². The number of nitrogens with one attached hydrogen (secondary N) is 1. The SMILES string of the molecule is OCCOCCN[C@H]1CCC[C@@H]1O. The highest BCUT2D eigenvalue weighted by Crippen LogP contribution is 2.18. The van der Waals surface area contributed by atoms with Crippen molar-refractivity contribution in [3.8, 4) is 0 Å². The van der Waals surface area contributed by atoms with Crippen molar-refractivity contribution in [1.82, 2.24) is 5.32 Å². The smallest absolute Gasteiger partial charge is 0.0698 e. The molecule has 0 bridgehead atoms. The molecule has 1 rings (SSSR count). The lowest BCUT2D eigenvalue weighted by atomic mass is 10.2. The standard InChI is InChI=1S/C9H19NO3/c11-5-7-13-6-4-10-8-2-1-3-9(8)12/h8-12H,1-7H2/t8-,9-/m0/s1. The van der Waals surface area contributed by atoms with Crippen molar-refractivity contribution in [1.29, 1.82) is 0 Å². The number of aliphatic hydroxyl groups is 2. The number of aliphatic hydroxyl groups excluding tert-OH is 2. The Kier molecular flexibility index (Phi) is 5.31. The van der Waals surface area contributed by atoms with Gasteiger partial charge in [0.25, 0.3) is 0 Å². The van der Waals surface area contributed by atoms with Gasteiger partial charge in [-0.3, -0.25) is 0 Å². The van der Waals surface area contributed by atoms with E-state index in [0.717, 1.165) is 25.8 Å². The summed E-state index contributed by atoms with van der Waals surface area (Å²) < 4.78 is 5.08. The molecule has 0 saturated heterocycles. The van der Waals surface area contributed by atoms with Crippen LogP contribution >= 0.6 is 0 Å². The van der Waals surface area contributed by atoms with Crippen LogP contribution in [0.3, 0.4) is 0 Å². The zero-order valence-electron chi connectivity index (χ0n) is 7.91. The zero-order valence-corrected chi connectivity index (χ0v) is 7.91. The molecular weight excluding hydrogens is 170 g/mol. The molecule has 78 valence electrons. The lowest BCUT2D eigenvalue weighted by Gasteiger charge is -2.15. The zero-order chi connectivity index (χ0) is 9.52. The van der Waals surface area contributed by atoms with Crippen LogP contribution in [0.4, 0.5) is 0 Å². The Morgan fingerprint density at radius 3 is 2.77 bits per heavy atom. The Labute approximate surface area is 78.9 Å². The molecule has 1 saturated carbocycles. The van der Waals surface area contributed by atoms with Crippen LogP contribution in [0, 0.1) is 0 Å². The summed E-state index contributed by atoms with van der Waals surface area (Å²) in [5, 5.41) is 21.1. The molecule has 0 aromatic rings. The molecule has 0 spiro atoms. The third-order valence-electron chi connectivity index (χ3n) is 2.37. The van der Waals surface area contributed by atoms with Gasteiger partial charge < -0.3 is 20.3 Å². The van der Waals surface area contributed by atoms with Crippen LogP contribution < -0.4 is 5.32 Å². The molecule has 4 heteroatoms. The maximum atomic E-state index is 9.45. The molecule has 0 aromatic heterocycles. The topological polar surface area (TPSA) is 61.7 Å². The number of rotatable bonds is 6. The van der Waals surface area contributed by atoms with E-state index in [0.29, 0.717) is 13.2 Å². The largest absolute Gasteiger partial charge is 0.394 e. The predicted molar refractivity (Wildman–Crippen MR) is 49.6 cm³/mol. The van der Waals surface area contributed by atoms with Gasteiger partial charge in [0.15, 0.2) is 0 Å². The molecule has 1 fully saturated rings. The number of hydrogen-bond donors (Lipinski definition) is 3. The Balaban J connectivity index is 1.93. The Bertz CT molecular complexity index is 132. The summed E-state index contributed by atoms with van der Waals surface area (Å²) in [6, 6.07) is 0.248. The summed E-state index contributed by atoms with van der Waals surface area (Å²) >= 11 is 0. The highest BCUT2D eigenvalue weighted by molar-refractivity contribution is 4.82. The first-order valence-corrected chi connectivity index (χ1v) is 4.94. The second kappa shape index (κ2) is 6.32. The second-order valence-electron chi connectivity index (χ2n) is 3.39. The lowest BCUT2D eigenvalue weighted by Crippen LogP contribution is -2.37. The van der Waals surface area contributed by atoms with E-state index in [1.807, 2.05) is 0 Å². The minimum absolute atomic E-state index is 0.0754. The average Bonchev–Trinajstić information content (AvgIpc) is 2.52. The van der Waals surface area contributed by atoms with Crippen LogP contribution in [0.25, 0.3) is 0 Å². The maximum absolute atomic E-state index is 9.45. The first-order valence-electron chi connectivity index (χ1n) is 4.94. The fourth-order valence-corrected chi connectivity index (χ4v) is 1.66. The summed E-state index contributed by atoms with van der Waals surface area (Å²) in [7, 11) is 0. The van der Waals surface area contributed by atoms with Crippen molar-refractivity contribution < 1.29 is 14.9 Å². The van der Waals surface area contributed by atoms with Gasteiger partial charge in [-0.25, -0.2) is 0 Å². The van der Waals surface area contributed by atoms with Gasteiger partial charge in [0, 0.05) is 12.6 Å². The van der Waals surface area contributed by atoms with E-state index >= 15 is 0 Å². The van der Waals surface area contributed by atoms with E-state index < -0.39 is 0 Å². The monoisotopic (exact) mass is 189 g/mol. The van der Waals surface area contributed by atoms with Crippen LogP contribution in [0.1, 0.15) is 19.3 Å². The summed E-state index contributed by atoms with van der Waals surface area (Å²) in [4.78, 5) is 0. The fraction of sp³-hybridized carbons (Fsp3) is 1.00. The molecule has 2 atom stereocenters. The molecule has 4 nitrogen and oxygen atoms in total. The predicted octanol–water partition coefficient (Wildman–Crippen LogP) is -0.502. The maximum Gasteiger partial charge on any atom is 0.0698 e. The molecule has 0 aliphatic heterocycles. The van der Waals surface area contributed by atoms with Crippen LogP contribution in [0.5, 0.6) is 0 Å². The Hall–Kier alpha value is -0.160.